The fraction of sp³-hybridized carbons (Fsp3) is 0.143. The highest BCUT2D eigenvalue weighted by molar-refractivity contribution is 9.08. The fourth-order valence-electron chi connectivity index (χ4n) is 0.765. The normalized spacial score (nSPS) is 9.64. The van der Waals surface area contributed by atoms with Gasteiger partial charge in [-0.2, -0.15) is 0 Å². The van der Waals surface area contributed by atoms with E-state index in [4.69, 9.17) is 0 Å². The van der Waals surface area contributed by atoms with E-state index in [2.05, 4.69) is 21.1 Å². The molecule has 11 heavy (non-hydrogen) atoms. The first-order valence-electron chi connectivity index (χ1n) is 2.96. The predicted molar refractivity (Wildman–Crippen MR) is 44.5 cm³/mol. The lowest BCUT2D eigenvalue weighted by Crippen LogP contribution is -1.84. The minimum absolute atomic E-state index is 0.155. The first-order chi connectivity index (χ1) is 5.29. The summed E-state index contributed by atoms with van der Waals surface area (Å²) < 4.78 is 12.8. The van der Waals surface area contributed by atoms with Gasteiger partial charge in [-0.05, 0) is 17.3 Å². The highest BCUT2D eigenvalue weighted by atomic mass is 79.9. The van der Waals surface area contributed by atoms with E-state index >= 15 is 0 Å². The zero-order valence-corrected chi connectivity index (χ0v) is 7.14. The smallest absolute Gasteiger partial charge is 0.129 e. The maximum atomic E-state index is 12.8. The summed E-state index contributed by atoms with van der Waals surface area (Å²) in [5.74, 6) is -0.404. The SMILES string of the molecule is O=Nc1cccc(F)c1CBr. The van der Waals surface area contributed by atoms with Crippen molar-refractivity contribution >= 4 is 21.6 Å². The summed E-state index contributed by atoms with van der Waals surface area (Å²) in [6.07, 6.45) is 0. The highest BCUT2D eigenvalue weighted by Gasteiger charge is 2.05. The number of alkyl halides is 1. The van der Waals surface area contributed by atoms with Crippen LogP contribution >= 0.6 is 15.9 Å². The third kappa shape index (κ3) is 1.63. The van der Waals surface area contributed by atoms with Crippen LogP contribution in [0.15, 0.2) is 23.4 Å². The van der Waals surface area contributed by atoms with Crippen molar-refractivity contribution in [1.29, 1.82) is 0 Å². The van der Waals surface area contributed by atoms with Gasteiger partial charge in [0.15, 0.2) is 0 Å². The Labute approximate surface area is 71.5 Å². The average molecular weight is 218 g/mol. The number of benzene rings is 1. The Kier molecular flexibility index (Phi) is 2.70. The molecule has 0 atom stereocenters. The van der Waals surface area contributed by atoms with Crippen molar-refractivity contribution < 1.29 is 4.39 Å². The Morgan fingerprint density at radius 3 is 2.73 bits per heavy atom. The molecule has 4 heteroatoms. The minimum Gasteiger partial charge on any atom is -0.207 e. The van der Waals surface area contributed by atoms with Gasteiger partial charge >= 0.3 is 0 Å². The molecular weight excluding hydrogens is 213 g/mol. The molecule has 1 aromatic rings. The lowest BCUT2D eigenvalue weighted by Gasteiger charge is -1.98. The first-order valence-corrected chi connectivity index (χ1v) is 4.08. The van der Waals surface area contributed by atoms with Gasteiger partial charge in [0.2, 0.25) is 0 Å². The first kappa shape index (κ1) is 8.33. The molecule has 1 rings (SSSR count). The molecule has 0 spiro atoms. The molecule has 1 aromatic carbocycles. The quantitative estimate of drug-likeness (QED) is 0.553. The second-order valence-corrected chi connectivity index (χ2v) is 2.52. The van der Waals surface area contributed by atoms with E-state index in [1.807, 2.05) is 0 Å². The zero-order chi connectivity index (χ0) is 8.27. The van der Waals surface area contributed by atoms with Crippen LogP contribution in [0, 0.1) is 10.7 Å². The third-order valence-corrected chi connectivity index (χ3v) is 1.89. The number of halogens is 2. The summed E-state index contributed by atoms with van der Waals surface area (Å²) in [5, 5.41) is 2.99. The van der Waals surface area contributed by atoms with Crippen molar-refractivity contribution in [3.05, 3.63) is 34.5 Å². The average Bonchev–Trinajstić information content (AvgIpc) is 2.04. The molecule has 0 fully saturated rings. The minimum atomic E-state index is -0.404. The van der Waals surface area contributed by atoms with Crippen LogP contribution in [0.2, 0.25) is 0 Å². The molecule has 58 valence electrons. The number of nitrogens with zero attached hydrogens (tertiary/aromatic N) is 1. The van der Waals surface area contributed by atoms with Gasteiger partial charge in [0, 0.05) is 10.9 Å². The molecule has 0 saturated heterocycles. The standard InChI is InChI=1S/C7H5BrFNO/c8-4-5-6(9)2-1-3-7(5)10-11/h1-3H,4H2. The molecule has 0 unspecified atom stereocenters. The van der Waals surface area contributed by atoms with Gasteiger partial charge in [-0.15, -0.1) is 4.91 Å². The van der Waals surface area contributed by atoms with Crippen LogP contribution in [0.3, 0.4) is 0 Å². The summed E-state index contributed by atoms with van der Waals surface area (Å²) in [6.45, 7) is 0. The van der Waals surface area contributed by atoms with E-state index in [0.717, 1.165) is 0 Å². The van der Waals surface area contributed by atoms with Crippen LogP contribution in [0.1, 0.15) is 5.56 Å². The fourth-order valence-corrected chi connectivity index (χ4v) is 1.32. The molecule has 0 heterocycles. The van der Waals surface area contributed by atoms with Crippen molar-refractivity contribution in [3.63, 3.8) is 0 Å². The van der Waals surface area contributed by atoms with E-state index in [9.17, 15) is 9.30 Å². The van der Waals surface area contributed by atoms with Gasteiger partial charge in [-0.1, -0.05) is 22.0 Å². The van der Waals surface area contributed by atoms with Gasteiger partial charge in [0.25, 0.3) is 0 Å². The summed E-state index contributed by atoms with van der Waals surface area (Å²) in [6, 6.07) is 4.23. The topological polar surface area (TPSA) is 29.4 Å². The van der Waals surface area contributed by atoms with E-state index in [1.165, 1.54) is 18.2 Å². The molecule has 0 aliphatic carbocycles. The van der Waals surface area contributed by atoms with Crippen molar-refractivity contribution in [1.82, 2.24) is 0 Å². The Balaban J connectivity index is 3.23. The molecule has 0 aromatic heterocycles. The van der Waals surface area contributed by atoms with Crippen LogP contribution in [-0.2, 0) is 5.33 Å². The molecule has 0 aliphatic rings. The van der Waals surface area contributed by atoms with Crippen molar-refractivity contribution in [2.45, 2.75) is 5.33 Å². The number of rotatable bonds is 2. The Bertz CT molecular complexity index is 277. The maximum absolute atomic E-state index is 12.8. The summed E-state index contributed by atoms with van der Waals surface area (Å²) in [5.41, 5.74) is 0.462. The summed E-state index contributed by atoms with van der Waals surface area (Å²) >= 11 is 3.06. The van der Waals surface area contributed by atoms with Gasteiger partial charge in [0.1, 0.15) is 11.5 Å². The predicted octanol–water partition coefficient (Wildman–Crippen LogP) is 3.12. The number of nitroso groups, excluding NO2 is 1. The molecule has 0 bridgehead atoms. The zero-order valence-electron chi connectivity index (χ0n) is 5.55. The van der Waals surface area contributed by atoms with Crippen molar-refractivity contribution in [3.8, 4) is 0 Å². The highest BCUT2D eigenvalue weighted by Crippen LogP contribution is 2.23. The lowest BCUT2D eigenvalue weighted by atomic mass is 10.2. The largest absolute Gasteiger partial charge is 0.207 e. The molecule has 0 amide bonds. The number of hydrogen-bond acceptors (Lipinski definition) is 2. The van der Waals surface area contributed by atoms with Crippen LogP contribution in [-0.4, -0.2) is 0 Å². The van der Waals surface area contributed by atoms with Crippen molar-refractivity contribution in [2.24, 2.45) is 5.18 Å². The van der Waals surface area contributed by atoms with E-state index < -0.39 is 5.82 Å². The summed E-state index contributed by atoms with van der Waals surface area (Å²) in [4.78, 5) is 10.1. The molecule has 0 N–H and O–H groups in total. The Morgan fingerprint density at radius 1 is 1.55 bits per heavy atom. The van der Waals surface area contributed by atoms with Gasteiger partial charge in [0.05, 0.1) is 0 Å². The second-order valence-electron chi connectivity index (χ2n) is 1.96. The molecular formula is C7H5BrFNO. The monoisotopic (exact) mass is 217 g/mol. The van der Waals surface area contributed by atoms with Gasteiger partial charge in [-0.25, -0.2) is 4.39 Å². The van der Waals surface area contributed by atoms with E-state index in [1.54, 1.807) is 0 Å². The summed E-state index contributed by atoms with van der Waals surface area (Å²) in [7, 11) is 0. The van der Waals surface area contributed by atoms with Crippen LogP contribution < -0.4 is 0 Å². The number of hydrogen-bond donors (Lipinski definition) is 0. The second kappa shape index (κ2) is 3.57. The van der Waals surface area contributed by atoms with Gasteiger partial charge < -0.3 is 0 Å². The molecule has 0 aliphatic heterocycles. The van der Waals surface area contributed by atoms with Crippen LogP contribution in [0.25, 0.3) is 0 Å². The van der Waals surface area contributed by atoms with E-state index in [0.29, 0.717) is 10.9 Å². The van der Waals surface area contributed by atoms with Crippen LogP contribution in [0.4, 0.5) is 10.1 Å². The van der Waals surface area contributed by atoms with Gasteiger partial charge in [-0.3, -0.25) is 0 Å². The molecule has 2 nitrogen and oxygen atoms in total. The lowest BCUT2D eigenvalue weighted by molar-refractivity contribution is 0.618. The van der Waals surface area contributed by atoms with Crippen LogP contribution in [0.5, 0.6) is 0 Å². The molecule has 0 radical (unpaired) electrons. The molecule has 0 saturated carbocycles. The van der Waals surface area contributed by atoms with E-state index in [-0.39, 0.29) is 5.69 Å². The van der Waals surface area contributed by atoms with Crippen molar-refractivity contribution in [2.75, 3.05) is 0 Å². The maximum Gasteiger partial charge on any atom is 0.129 e. The third-order valence-electron chi connectivity index (χ3n) is 1.33. The Hall–Kier alpha value is -0.770. The Morgan fingerprint density at radius 2 is 2.27 bits per heavy atom.